The second-order valence-corrected chi connectivity index (χ2v) is 1.68. The second kappa shape index (κ2) is 4.09. The van der Waals surface area contributed by atoms with Gasteiger partial charge in [0.2, 0.25) is 0 Å². The fourth-order valence-electron chi connectivity index (χ4n) is 0.370. The standard InChI is InChI=1S/C5H12N2/c1-2-5(7)3-4-6/h5H,2-4,7H2,1H3. The van der Waals surface area contributed by atoms with Crippen LogP contribution in [-0.2, 0) is 0 Å². The van der Waals surface area contributed by atoms with Crippen LogP contribution in [0.3, 0.4) is 0 Å². The first-order chi connectivity index (χ1) is 3.31. The highest BCUT2D eigenvalue weighted by atomic mass is 14.6. The van der Waals surface area contributed by atoms with Crippen molar-refractivity contribution in [3.8, 4) is 0 Å². The SMILES string of the molecule is CCC(N)CC[N]. The third-order valence-electron chi connectivity index (χ3n) is 1.02. The van der Waals surface area contributed by atoms with Crippen LogP contribution in [0.5, 0.6) is 0 Å². The molecule has 0 aromatic rings. The first-order valence-electron chi connectivity index (χ1n) is 2.67. The van der Waals surface area contributed by atoms with Gasteiger partial charge in [-0.1, -0.05) is 6.92 Å². The summed E-state index contributed by atoms with van der Waals surface area (Å²) in [7, 11) is 0. The molecule has 2 N–H and O–H groups in total. The van der Waals surface area contributed by atoms with Gasteiger partial charge in [0.1, 0.15) is 0 Å². The van der Waals surface area contributed by atoms with Gasteiger partial charge in [-0.05, 0) is 12.8 Å². The van der Waals surface area contributed by atoms with E-state index in [1.807, 2.05) is 6.92 Å². The summed E-state index contributed by atoms with van der Waals surface area (Å²) >= 11 is 0. The zero-order valence-electron chi connectivity index (χ0n) is 4.72. The van der Waals surface area contributed by atoms with Crippen molar-refractivity contribution in [2.24, 2.45) is 5.73 Å². The molecule has 0 aliphatic carbocycles. The van der Waals surface area contributed by atoms with Gasteiger partial charge >= 0.3 is 0 Å². The summed E-state index contributed by atoms with van der Waals surface area (Å²) in [4.78, 5) is 0. The summed E-state index contributed by atoms with van der Waals surface area (Å²) < 4.78 is 0. The Hall–Kier alpha value is -0.0800. The van der Waals surface area contributed by atoms with Crippen LogP contribution in [0.2, 0.25) is 0 Å². The van der Waals surface area contributed by atoms with E-state index in [4.69, 9.17) is 11.5 Å². The van der Waals surface area contributed by atoms with Crippen molar-refractivity contribution in [3.05, 3.63) is 0 Å². The van der Waals surface area contributed by atoms with Crippen LogP contribution in [0, 0.1) is 0 Å². The Morgan fingerprint density at radius 2 is 2.29 bits per heavy atom. The van der Waals surface area contributed by atoms with Gasteiger partial charge in [0.15, 0.2) is 0 Å². The third kappa shape index (κ3) is 3.76. The summed E-state index contributed by atoms with van der Waals surface area (Å²) in [6, 6.07) is 0.199. The Labute approximate surface area is 44.9 Å². The lowest BCUT2D eigenvalue weighted by Crippen LogP contribution is -2.19. The molecule has 0 bridgehead atoms. The molecule has 1 unspecified atom stereocenters. The molecule has 0 heterocycles. The maximum atomic E-state index is 8.29. The molecule has 0 saturated heterocycles. The molecule has 2 nitrogen and oxygen atoms in total. The highest BCUT2D eigenvalue weighted by Gasteiger charge is 1.93. The van der Waals surface area contributed by atoms with Crippen LogP contribution in [0.15, 0.2) is 0 Å². The Morgan fingerprint density at radius 1 is 1.71 bits per heavy atom. The van der Waals surface area contributed by atoms with Crippen molar-refractivity contribution in [2.75, 3.05) is 6.54 Å². The Bertz CT molecular complexity index is 37.1. The van der Waals surface area contributed by atoms with Gasteiger partial charge in [0.05, 0.1) is 0 Å². The molecule has 2 heteroatoms. The van der Waals surface area contributed by atoms with Gasteiger partial charge in [-0.25, -0.2) is 0 Å². The first kappa shape index (κ1) is 6.92. The predicted octanol–water partition coefficient (Wildman–Crippen LogP) is 0.182. The van der Waals surface area contributed by atoms with Crippen molar-refractivity contribution >= 4 is 0 Å². The molecule has 0 saturated carbocycles. The molecular weight excluding hydrogens is 88.1 g/mol. The van der Waals surface area contributed by atoms with E-state index in [1.54, 1.807) is 0 Å². The van der Waals surface area contributed by atoms with Crippen LogP contribution in [0.4, 0.5) is 0 Å². The van der Waals surface area contributed by atoms with Crippen molar-refractivity contribution in [1.82, 2.24) is 5.73 Å². The zero-order chi connectivity index (χ0) is 5.70. The number of nitrogens with two attached hydrogens (primary N) is 1. The molecule has 0 aromatic carbocycles. The third-order valence-corrected chi connectivity index (χ3v) is 1.02. The largest absolute Gasteiger partial charge is 0.328 e. The van der Waals surface area contributed by atoms with Crippen LogP contribution in [0.1, 0.15) is 19.8 Å². The zero-order valence-corrected chi connectivity index (χ0v) is 4.72. The normalized spacial score (nSPS) is 14.1. The minimum absolute atomic E-state index is 0.199. The number of hydrogen-bond acceptors (Lipinski definition) is 1. The molecule has 2 radical (unpaired) electrons. The maximum Gasteiger partial charge on any atom is 0.0336 e. The molecule has 1 atom stereocenters. The molecule has 42 valence electrons. The van der Waals surface area contributed by atoms with E-state index in [0.717, 1.165) is 12.8 Å². The van der Waals surface area contributed by atoms with Crippen LogP contribution >= 0.6 is 0 Å². The van der Waals surface area contributed by atoms with Crippen LogP contribution < -0.4 is 11.5 Å². The van der Waals surface area contributed by atoms with Crippen molar-refractivity contribution in [3.63, 3.8) is 0 Å². The van der Waals surface area contributed by atoms with Gasteiger partial charge < -0.3 is 5.73 Å². The highest BCUT2D eigenvalue weighted by molar-refractivity contribution is 4.56. The average molecular weight is 100 g/mol. The molecule has 0 spiro atoms. The summed E-state index contributed by atoms with van der Waals surface area (Å²) in [5.41, 5.74) is 13.7. The quantitative estimate of drug-likeness (QED) is 0.540. The fourth-order valence-corrected chi connectivity index (χ4v) is 0.370. The summed E-state index contributed by atoms with van der Waals surface area (Å²) in [6.07, 6.45) is 1.69. The van der Waals surface area contributed by atoms with E-state index >= 15 is 0 Å². The van der Waals surface area contributed by atoms with Gasteiger partial charge in [-0.3, -0.25) is 0 Å². The van der Waals surface area contributed by atoms with Crippen LogP contribution in [0.25, 0.3) is 0 Å². The highest BCUT2D eigenvalue weighted by Crippen LogP contribution is 1.88. The molecular formula is C5H12N2. The van der Waals surface area contributed by atoms with Gasteiger partial charge in [0, 0.05) is 12.6 Å². The Balaban J connectivity index is 2.83. The number of nitrogens with zero attached hydrogens (tertiary/aromatic N) is 1. The average Bonchev–Trinajstić information content (AvgIpc) is 1.68. The Kier molecular flexibility index (Phi) is 4.04. The summed E-state index contributed by atoms with van der Waals surface area (Å²) in [5, 5.41) is 0. The first-order valence-corrected chi connectivity index (χ1v) is 2.67. The lowest BCUT2D eigenvalue weighted by molar-refractivity contribution is 0.599. The van der Waals surface area contributed by atoms with Gasteiger partial charge in [-0.2, -0.15) is 0 Å². The monoisotopic (exact) mass is 100 g/mol. The molecule has 0 aliphatic heterocycles. The topological polar surface area (TPSA) is 48.3 Å². The van der Waals surface area contributed by atoms with E-state index in [9.17, 15) is 0 Å². The number of hydrogen-bond donors (Lipinski definition) is 1. The van der Waals surface area contributed by atoms with Crippen molar-refractivity contribution in [1.29, 1.82) is 0 Å². The van der Waals surface area contributed by atoms with Gasteiger partial charge in [-0.15, -0.1) is 5.73 Å². The molecule has 0 amide bonds. The lowest BCUT2D eigenvalue weighted by atomic mass is 10.2. The van der Waals surface area contributed by atoms with Crippen LogP contribution in [-0.4, -0.2) is 12.6 Å². The molecule has 7 heavy (non-hydrogen) atoms. The van der Waals surface area contributed by atoms with E-state index in [0.29, 0.717) is 0 Å². The second-order valence-electron chi connectivity index (χ2n) is 1.68. The van der Waals surface area contributed by atoms with Crippen molar-refractivity contribution < 1.29 is 0 Å². The number of rotatable bonds is 3. The minimum atomic E-state index is 0.199. The Morgan fingerprint density at radius 3 is 2.43 bits per heavy atom. The lowest BCUT2D eigenvalue weighted by Gasteiger charge is -2.02. The molecule has 0 aromatic heterocycles. The van der Waals surface area contributed by atoms with Crippen molar-refractivity contribution in [2.45, 2.75) is 25.8 Å². The van der Waals surface area contributed by atoms with Gasteiger partial charge in [0.25, 0.3) is 0 Å². The van der Waals surface area contributed by atoms with E-state index < -0.39 is 0 Å². The minimum Gasteiger partial charge on any atom is -0.328 e. The van der Waals surface area contributed by atoms with E-state index in [2.05, 4.69) is 0 Å². The molecule has 0 aliphatic rings. The van der Waals surface area contributed by atoms with E-state index in [-0.39, 0.29) is 12.6 Å². The maximum absolute atomic E-state index is 8.29. The smallest absolute Gasteiger partial charge is 0.0336 e. The predicted molar refractivity (Wildman–Crippen MR) is 29.9 cm³/mol. The van der Waals surface area contributed by atoms with E-state index in [1.165, 1.54) is 0 Å². The molecule has 0 rings (SSSR count). The molecule has 0 fully saturated rings. The fraction of sp³-hybridized carbons (Fsp3) is 1.00. The summed E-state index contributed by atoms with van der Waals surface area (Å²) in [6.45, 7) is 2.23. The summed E-state index contributed by atoms with van der Waals surface area (Å²) in [5.74, 6) is 0.